The zero-order valence-electron chi connectivity index (χ0n) is 26.8. The van der Waals surface area contributed by atoms with E-state index in [-0.39, 0.29) is 13.2 Å². The summed E-state index contributed by atoms with van der Waals surface area (Å²) in [5.41, 5.74) is 0. The average Bonchev–Trinajstić information content (AvgIpc) is 2.90. The van der Waals surface area contributed by atoms with Crippen molar-refractivity contribution < 1.29 is 32.5 Å². The van der Waals surface area contributed by atoms with Gasteiger partial charge < -0.3 is 18.9 Å². The maximum absolute atomic E-state index is 12.0. The summed E-state index contributed by atoms with van der Waals surface area (Å²) in [5.74, 6) is 0. The van der Waals surface area contributed by atoms with E-state index >= 15 is 0 Å². The van der Waals surface area contributed by atoms with Gasteiger partial charge >= 0.3 is 7.82 Å². The molecule has 0 saturated heterocycles. The van der Waals surface area contributed by atoms with Gasteiger partial charge in [-0.2, -0.15) is 0 Å². The fraction of sp³-hybridized carbons (Fsp3) is 0.875. The molecule has 0 aromatic rings. The Labute approximate surface area is 247 Å². The smallest absolute Gasteiger partial charge is 0.379 e. The second-order valence-corrected chi connectivity index (χ2v) is 13.3. The number of methoxy groups -OCH3 is 1. The van der Waals surface area contributed by atoms with Crippen LogP contribution in [0.1, 0.15) is 116 Å². The van der Waals surface area contributed by atoms with E-state index in [1.807, 2.05) is 21.1 Å². The predicted molar refractivity (Wildman–Crippen MR) is 169 cm³/mol. The molecule has 0 aliphatic carbocycles. The largest absolute Gasteiger partial charge is 0.472 e. The minimum absolute atomic E-state index is 0.0449. The molecule has 0 spiro atoms. The highest BCUT2D eigenvalue weighted by Gasteiger charge is 2.24. The number of phosphoric ester groups is 1. The van der Waals surface area contributed by atoms with Gasteiger partial charge in [0.15, 0.2) is 0 Å². The molecule has 0 fully saturated rings. The number of hydrogen-bond donors (Lipinski definition) is 1. The van der Waals surface area contributed by atoms with Gasteiger partial charge in [-0.05, 0) is 51.4 Å². The van der Waals surface area contributed by atoms with Crippen LogP contribution in [0.2, 0.25) is 0 Å². The average molecular weight is 591 g/mol. The molecule has 0 rings (SSSR count). The number of quaternary nitrogens is 1. The summed E-state index contributed by atoms with van der Waals surface area (Å²) in [6, 6.07) is 0. The summed E-state index contributed by atoms with van der Waals surface area (Å²) in [6.45, 7) is 3.94. The van der Waals surface area contributed by atoms with Crippen molar-refractivity contribution in [1.29, 1.82) is 0 Å². The Bertz CT molecular complexity index is 650. The zero-order valence-corrected chi connectivity index (χ0v) is 27.7. The second kappa shape index (κ2) is 27.3. The van der Waals surface area contributed by atoms with Gasteiger partial charge in [-0.1, -0.05) is 89.0 Å². The quantitative estimate of drug-likeness (QED) is 0.0391. The maximum Gasteiger partial charge on any atom is 0.472 e. The fourth-order valence-electron chi connectivity index (χ4n) is 4.07. The van der Waals surface area contributed by atoms with Crippen molar-refractivity contribution in [2.24, 2.45) is 0 Å². The molecule has 238 valence electrons. The SMILES string of the molecule is CCCC/C=C\CCCCCCCCCC/C=C\CCCCCOC[C@H](COP(=O)(O)OCC[N+](C)(C)C)OC. The number of phosphoric acid groups is 1. The molecule has 0 aromatic carbocycles. The lowest BCUT2D eigenvalue weighted by atomic mass is 10.1. The van der Waals surface area contributed by atoms with Gasteiger partial charge in [-0.25, -0.2) is 4.57 Å². The van der Waals surface area contributed by atoms with Crippen LogP contribution in [0, 0.1) is 0 Å². The minimum atomic E-state index is -4.08. The van der Waals surface area contributed by atoms with Gasteiger partial charge in [0.2, 0.25) is 0 Å². The van der Waals surface area contributed by atoms with E-state index in [4.69, 9.17) is 18.5 Å². The van der Waals surface area contributed by atoms with Gasteiger partial charge in [0.1, 0.15) is 19.3 Å². The van der Waals surface area contributed by atoms with E-state index in [2.05, 4.69) is 31.2 Å². The lowest BCUT2D eigenvalue weighted by Gasteiger charge is -2.24. The number of allylic oxidation sites excluding steroid dienone is 4. The monoisotopic (exact) mass is 590 g/mol. The third-order valence-electron chi connectivity index (χ3n) is 6.79. The summed E-state index contributed by atoms with van der Waals surface area (Å²) in [7, 11) is 3.43. The molecule has 7 nitrogen and oxygen atoms in total. The Kier molecular flexibility index (Phi) is 27.0. The molecule has 1 N–H and O–H groups in total. The predicted octanol–water partition coefficient (Wildman–Crippen LogP) is 8.62. The van der Waals surface area contributed by atoms with Crippen molar-refractivity contribution in [3.63, 3.8) is 0 Å². The maximum atomic E-state index is 12.0. The van der Waals surface area contributed by atoms with Crippen molar-refractivity contribution in [3.8, 4) is 0 Å². The summed E-state index contributed by atoms with van der Waals surface area (Å²) in [6.07, 6.45) is 30.7. The molecule has 0 bridgehead atoms. The molecule has 0 amide bonds. The molecule has 0 heterocycles. The fourth-order valence-corrected chi connectivity index (χ4v) is 4.81. The molecule has 8 heteroatoms. The van der Waals surface area contributed by atoms with Crippen LogP contribution >= 0.6 is 7.82 Å². The minimum Gasteiger partial charge on any atom is -0.379 e. The highest BCUT2D eigenvalue weighted by molar-refractivity contribution is 7.47. The van der Waals surface area contributed by atoms with Gasteiger partial charge in [0.05, 0.1) is 34.4 Å². The van der Waals surface area contributed by atoms with E-state index in [1.165, 1.54) is 89.9 Å². The number of rotatable bonds is 30. The van der Waals surface area contributed by atoms with Crippen LogP contribution in [0.25, 0.3) is 0 Å². The lowest BCUT2D eigenvalue weighted by molar-refractivity contribution is -0.870. The van der Waals surface area contributed by atoms with Crippen LogP contribution in [-0.2, 0) is 23.1 Å². The van der Waals surface area contributed by atoms with Crippen LogP contribution in [-0.4, -0.2) is 76.7 Å². The molecule has 0 aromatic heterocycles. The summed E-state index contributed by atoms with van der Waals surface area (Å²) in [5, 5.41) is 0. The first-order valence-electron chi connectivity index (χ1n) is 16.0. The van der Waals surface area contributed by atoms with Crippen molar-refractivity contribution in [2.75, 3.05) is 61.2 Å². The number of nitrogens with zero attached hydrogens (tertiary/aromatic N) is 1. The Morgan fingerprint density at radius 1 is 0.675 bits per heavy atom. The van der Waals surface area contributed by atoms with Gasteiger partial charge in [0, 0.05) is 13.7 Å². The van der Waals surface area contributed by atoms with Crippen LogP contribution in [0.15, 0.2) is 24.3 Å². The van der Waals surface area contributed by atoms with Gasteiger partial charge in [0.25, 0.3) is 0 Å². The van der Waals surface area contributed by atoms with Crippen molar-refractivity contribution >= 4 is 7.82 Å². The highest BCUT2D eigenvalue weighted by Crippen LogP contribution is 2.43. The second-order valence-electron chi connectivity index (χ2n) is 11.9. The summed E-state index contributed by atoms with van der Waals surface area (Å²) < 4.78 is 33.7. The Morgan fingerprint density at radius 2 is 1.15 bits per heavy atom. The van der Waals surface area contributed by atoms with Gasteiger partial charge in [-0.3, -0.25) is 9.05 Å². The van der Waals surface area contributed by atoms with Gasteiger partial charge in [-0.15, -0.1) is 0 Å². The molecular formula is C32H65NO6P+. The van der Waals surface area contributed by atoms with E-state index in [9.17, 15) is 9.46 Å². The topological polar surface area (TPSA) is 74.2 Å². The third-order valence-corrected chi connectivity index (χ3v) is 7.77. The van der Waals surface area contributed by atoms with E-state index < -0.39 is 13.9 Å². The standard InChI is InChI=1S/C32H64NO6P/c1-6-7-8-9-10-11-12-13-14-15-16-17-18-19-20-21-22-23-24-25-26-28-37-30-32(36-5)31-39-40(34,35)38-29-27-33(2,3)4/h9-10,21-22,32H,6-8,11-20,23-31H2,1-5H3/p+1/b10-9-,22-21-/t32-/m1/s1. The van der Waals surface area contributed by atoms with Crippen LogP contribution < -0.4 is 0 Å². The van der Waals surface area contributed by atoms with Crippen LogP contribution in [0.4, 0.5) is 0 Å². The molecule has 0 saturated carbocycles. The number of unbranched alkanes of at least 4 members (excludes halogenated alkanes) is 14. The molecule has 40 heavy (non-hydrogen) atoms. The third kappa shape index (κ3) is 30.4. The van der Waals surface area contributed by atoms with Crippen LogP contribution in [0.3, 0.4) is 0 Å². The summed E-state index contributed by atoms with van der Waals surface area (Å²) >= 11 is 0. The van der Waals surface area contributed by atoms with E-state index in [0.717, 1.165) is 19.3 Å². The van der Waals surface area contributed by atoms with Crippen molar-refractivity contribution in [1.82, 2.24) is 0 Å². The number of likely N-dealkylation sites (N-methyl/N-ethyl adjacent to an activating group) is 1. The van der Waals surface area contributed by atoms with Crippen molar-refractivity contribution in [2.45, 2.75) is 122 Å². The summed E-state index contributed by atoms with van der Waals surface area (Å²) in [4.78, 5) is 9.81. The first-order chi connectivity index (χ1) is 19.2. The molecule has 1 unspecified atom stereocenters. The Balaban J connectivity index is 3.50. The highest BCUT2D eigenvalue weighted by atomic mass is 31.2. The van der Waals surface area contributed by atoms with Crippen molar-refractivity contribution in [3.05, 3.63) is 24.3 Å². The molecule has 0 aliphatic heterocycles. The first-order valence-corrected chi connectivity index (χ1v) is 17.5. The van der Waals surface area contributed by atoms with Crippen LogP contribution in [0.5, 0.6) is 0 Å². The van der Waals surface area contributed by atoms with E-state index in [0.29, 0.717) is 24.2 Å². The molecular weight excluding hydrogens is 525 g/mol. The number of ether oxygens (including phenoxy) is 2. The Morgan fingerprint density at radius 3 is 1.62 bits per heavy atom. The zero-order chi connectivity index (χ0) is 29.8. The Hall–Kier alpha value is -0.530. The normalized spacial score (nSPS) is 14.8. The van der Waals surface area contributed by atoms with E-state index in [1.54, 1.807) is 7.11 Å². The lowest BCUT2D eigenvalue weighted by Crippen LogP contribution is -2.37. The first kappa shape index (κ1) is 39.5. The molecule has 2 atom stereocenters. The number of hydrogen-bond acceptors (Lipinski definition) is 5. The molecule has 0 aliphatic rings. The molecule has 0 radical (unpaired) electrons.